The molecular formula is C15H19N3O3. The first-order chi connectivity index (χ1) is 10.0. The number of carbonyl (C=O) groups excluding carboxylic acids is 2. The van der Waals surface area contributed by atoms with Gasteiger partial charge in [-0.1, -0.05) is 0 Å². The minimum atomic E-state index is -0.170. The number of rotatable bonds is 4. The largest absolute Gasteiger partial charge is 0.495 e. The van der Waals surface area contributed by atoms with Crippen LogP contribution in [0.15, 0.2) is 29.3 Å². The molecule has 0 saturated carbocycles. The lowest BCUT2D eigenvalue weighted by molar-refractivity contribution is -0.114. The van der Waals surface area contributed by atoms with Gasteiger partial charge in [-0.15, -0.1) is 0 Å². The minimum absolute atomic E-state index is 0.162. The summed E-state index contributed by atoms with van der Waals surface area (Å²) < 4.78 is 5.23. The maximum atomic E-state index is 12.2. The molecular weight excluding hydrogens is 270 g/mol. The Hall–Kier alpha value is -2.34. The zero-order valence-electron chi connectivity index (χ0n) is 12.4. The van der Waals surface area contributed by atoms with Gasteiger partial charge in [0.2, 0.25) is 5.91 Å². The minimum Gasteiger partial charge on any atom is -0.495 e. The smallest absolute Gasteiger partial charge is 0.251 e. The zero-order chi connectivity index (χ0) is 15.4. The third-order valence-electron chi connectivity index (χ3n) is 3.32. The van der Waals surface area contributed by atoms with E-state index < -0.39 is 0 Å². The molecule has 0 aromatic heterocycles. The lowest BCUT2D eigenvalue weighted by Gasteiger charge is -2.21. The van der Waals surface area contributed by atoms with Gasteiger partial charge in [-0.05, 0) is 30.7 Å². The zero-order valence-corrected chi connectivity index (χ0v) is 12.4. The number of methoxy groups -OCH3 is 1. The molecule has 21 heavy (non-hydrogen) atoms. The third kappa shape index (κ3) is 3.61. The van der Waals surface area contributed by atoms with Crippen LogP contribution in [0.2, 0.25) is 0 Å². The lowest BCUT2D eigenvalue weighted by Crippen LogP contribution is -2.36. The van der Waals surface area contributed by atoms with E-state index in [2.05, 4.69) is 16.0 Å². The molecule has 1 aliphatic rings. The fraction of sp³-hybridized carbons (Fsp3) is 0.333. The van der Waals surface area contributed by atoms with Gasteiger partial charge >= 0.3 is 0 Å². The Kier molecular flexibility index (Phi) is 4.59. The topological polar surface area (TPSA) is 79.5 Å². The van der Waals surface area contributed by atoms with Crippen molar-refractivity contribution < 1.29 is 14.3 Å². The quantitative estimate of drug-likeness (QED) is 0.734. The molecule has 2 rings (SSSR count). The van der Waals surface area contributed by atoms with Crippen LogP contribution in [-0.2, 0) is 9.59 Å². The van der Waals surface area contributed by atoms with Crippen LogP contribution in [0.1, 0.15) is 13.8 Å². The molecule has 1 aromatic carbocycles. The Labute approximate surface area is 123 Å². The van der Waals surface area contributed by atoms with Gasteiger partial charge in [-0.3, -0.25) is 9.59 Å². The normalized spacial score (nSPS) is 13.2. The molecule has 1 fully saturated rings. The van der Waals surface area contributed by atoms with E-state index in [9.17, 15) is 9.59 Å². The van der Waals surface area contributed by atoms with Gasteiger partial charge in [0, 0.05) is 31.3 Å². The summed E-state index contributed by atoms with van der Waals surface area (Å²) in [6.45, 7) is 4.74. The number of hydrogen-bond acceptors (Lipinski definition) is 4. The summed E-state index contributed by atoms with van der Waals surface area (Å²) in [4.78, 5) is 23.3. The van der Waals surface area contributed by atoms with E-state index in [0.717, 1.165) is 18.7 Å². The highest BCUT2D eigenvalue weighted by Gasteiger charge is 2.17. The van der Waals surface area contributed by atoms with Crippen molar-refractivity contribution in [2.24, 2.45) is 0 Å². The van der Waals surface area contributed by atoms with Gasteiger partial charge in [0.25, 0.3) is 5.91 Å². The van der Waals surface area contributed by atoms with E-state index in [4.69, 9.17) is 4.74 Å². The Morgan fingerprint density at radius 1 is 1.19 bits per heavy atom. The Morgan fingerprint density at radius 2 is 1.90 bits per heavy atom. The number of hydrogen-bond donors (Lipinski definition) is 3. The Balaban J connectivity index is 2.20. The van der Waals surface area contributed by atoms with Gasteiger partial charge in [0.05, 0.1) is 12.8 Å². The molecule has 0 aliphatic carbocycles. The molecule has 6 nitrogen and oxygen atoms in total. The molecule has 1 heterocycles. The first-order valence-electron chi connectivity index (χ1n) is 6.67. The van der Waals surface area contributed by atoms with Crippen molar-refractivity contribution in [1.29, 1.82) is 0 Å². The summed E-state index contributed by atoms with van der Waals surface area (Å²) in [6.07, 6.45) is 0. The van der Waals surface area contributed by atoms with Crippen LogP contribution in [0.4, 0.5) is 11.4 Å². The van der Waals surface area contributed by atoms with Crippen molar-refractivity contribution in [3.05, 3.63) is 29.3 Å². The SMILES string of the molecule is COc1ccc(NC(C)=O)cc1NC(=O)C(C)=C1CNC1. The van der Waals surface area contributed by atoms with Gasteiger partial charge in [-0.2, -0.15) is 0 Å². The number of benzene rings is 1. The first-order valence-corrected chi connectivity index (χ1v) is 6.67. The highest BCUT2D eigenvalue weighted by molar-refractivity contribution is 6.05. The first kappa shape index (κ1) is 15.1. The van der Waals surface area contributed by atoms with Gasteiger partial charge in [-0.25, -0.2) is 0 Å². The molecule has 112 valence electrons. The summed E-state index contributed by atoms with van der Waals surface area (Å²) in [6, 6.07) is 5.10. The summed E-state index contributed by atoms with van der Waals surface area (Å²) in [7, 11) is 1.53. The van der Waals surface area contributed by atoms with Crippen molar-refractivity contribution in [2.45, 2.75) is 13.8 Å². The highest BCUT2D eigenvalue weighted by atomic mass is 16.5. The van der Waals surface area contributed by atoms with Crippen molar-refractivity contribution in [2.75, 3.05) is 30.8 Å². The molecule has 0 bridgehead atoms. The maximum Gasteiger partial charge on any atom is 0.251 e. The molecule has 6 heteroatoms. The van der Waals surface area contributed by atoms with E-state index >= 15 is 0 Å². The van der Waals surface area contributed by atoms with E-state index in [1.54, 1.807) is 25.1 Å². The average molecular weight is 289 g/mol. The molecule has 1 saturated heterocycles. The Bertz CT molecular complexity index is 602. The number of carbonyl (C=O) groups is 2. The molecule has 1 aliphatic heterocycles. The second-order valence-corrected chi connectivity index (χ2v) is 4.88. The summed E-state index contributed by atoms with van der Waals surface area (Å²) in [5, 5.41) is 8.60. The van der Waals surface area contributed by atoms with Crippen molar-refractivity contribution in [3.63, 3.8) is 0 Å². The highest BCUT2D eigenvalue weighted by Crippen LogP contribution is 2.28. The molecule has 0 unspecified atom stereocenters. The maximum absolute atomic E-state index is 12.2. The van der Waals surface area contributed by atoms with Crippen LogP contribution < -0.4 is 20.7 Å². The van der Waals surface area contributed by atoms with E-state index in [0.29, 0.717) is 22.7 Å². The third-order valence-corrected chi connectivity index (χ3v) is 3.32. The van der Waals surface area contributed by atoms with Crippen LogP contribution in [0.5, 0.6) is 5.75 Å². The number of ether oxygens (including phenoxy) is 1. The van der Waals surface area contributed by atoms with E-state index in [-0.39, 0.29) is 11.8 Å². The molecule has 3 N–H and O–H groups in total. The van der Waals surface area contributed by atoms with Gasteiger partial charge < -0.3 is 20.7 Å². The fourth-order valence-electron chi connectivity index (χ4n) is 1.98. The second kappa shape index (κ2) is 6.41. The van der Waals surface area contributed by atoms with Crippen LogP contribution >= 0.6 is 0 Å². The molecule has 0 atom stereocenters. The van der Waals surface area contributed by atoms with E-state index in [1.165, 1.54) is 14.0 Å². The van der Waals surface area contributed by atoms with Crippen LogP contribution in [-0.4, -0.2) is 32.0 Å². The summed E-state index contributed by atoms with van der Waals surface area (Å²) in [5.74, 6) is 0.211. The van der Waals surface area contributed by atoms with Crippen LogP contribution in [0.3, 0.4) is 0 Å². The molecule has 2 amide bonds. The van der Waals surface area contributed by atoms with Gasteiger partial charge in [0.15, 0.2) is 0 Å². The molecule has 0 radical (unpaired) electrons. The van der Waals surface area contributed by atoms with E-state index in [1.807, 2.05) is 0 Å². The molecule has 0 spiro atoms. The molecule has 1 aromatic rings. The predicted molar refractivity (Wildman–Crippen MR) is 81.5 cm³/mol. The summed E-state index contributed by atoms with van der Waals surface area (Å²) in [5.41, 5.74) is 2.94. The summed E-state index contributed by atoms with van der Waals surface area (Å²) >= 11 is 0. The predicted octanol–water partition coefficient (Wildman–Crippen LogP) is 1.51. The van der Waals surface area contributed by atoms with Crippen LogP contribution in [0, 0.1) is 0 Å². The van der Waals surface area contributed by atoms with Crippen molar-refractivity contribution in [1.82, 2.24) is 5.32 Å². The number of nitrogens with one attached hydrogen (secondary N) is 3. The van der Waals surface area contributed by atoms with Crippen molar-refractivity contribution in [3.8, 4) is 5.75 Å². The van der Waals surface area contributed by atoms with Crippen LogP contribution in [0.25, 0.3) is 0 Å². The van der Waals surface area contributed by atoms with Crippen molar-refractivity contribution >= 4 is 23.2 Å². The number of anilines is 2. The van der Waals surface area contributed by atoms with Gasteiger partial charge in [0.1, 0.15) is 5.75 Å². The Morgan fingerprint density at radius 3 is 2.43 bits per heavy atom. The lowest BCUT2D eigenvalue weighted by atomic mass is 10.0. The monoisotopic (exact) mass is 289 g/mol. The standard InChI is InChI=1S/C15H19N3O3/c1-9(11-7-16-8-11)15(20)18-13-6-12(17-10(2)19)4-5-14(13)21-3/h4-6,16H,7-8H2,1-3H3,(H,17,19)(H,18,20). The fourth-order valence-corrected chi connectivity index (χ4v) is 1.98. The average Bonchev–Trinajstić information content (AvgIpc) is 2.36. The number of amides is 2. The second-order valence-electron chi connectivity index (χ2n) is 4.88.